The van der Waals surface area contributed by atoms with Crippen molar-refractivity contribution in [2.24, 2.45) is 0 Å². The average Bonchev–Trinajstić information content (AvgIpc) is 2.97. The summed E-state index contributed by atoms with van der Waals surface area (Å²) in [6.45, 7) is 5.89. The molecule has 134 valence electrons. The topological polar surface area (TPSA) is 57.8 Å². The van der Waals surface area contributed by atoms with Gasteiger partial charge < -0.3 is 5.32 Å². The van der Waals surface area contributed by atoms with Gasteiger partial charge in [-0.1, -0.05) is 30.7 Å². The lowest BCUT2D eigenvalue weighted by Crippen LogP contribution is -2.15. The molecule has 2 aromatic carbocycles. The van der Waals surface area contributed by atoms with Gasteiger partial charge in [0.2, 0.25) is 0 Å². The lowest BCUT2D eigenvalue weighted by atomic mass is 10.0. The number of carbonyl (C=O) groups is 1. The Morgan fingerprint density at radius 1 is 1.15 bits per heavy atom. The number of H-pyrrole nitrogens is 1. The number of hydrogen-bond acceptors (Lipinski definition) is 2. The number of aromatic amines is 1. The summed E-state index contributed by atoms with van der Waals surface area (Å²) in [5, 5.41) is 10.00. The van der Waals surface area contributed by atoms with Crippen LogP contribution < -0.4 is 5.32 Å². The Morgan fingerprint density at radius 2 is 1.92 bits per heavy atom. The highest BCUT2D eigenvalue weighted by molar-refractivity contribution is 6.06. The van der Waals surface area contributed by atoms with Crippen molar-refractivity contribution in [1.29, 1.82) is 0 Å². The van der Waals surface area contributed by atoms with Crippen molar-refractivity contribution >= 4 is 11.6 Å². The van der Waals surface area contributed by atoms with E-state index in [9.17, 15) is 13.6 Å². The van der Waals surface area contributed by atoms with Crippen LogP contribution in [0.5, 0.6) is 0 Å². The van der Waals surface area contributed by atoms with E-state index in [1.807, 2.05) is 39.0 Å². The van der Waals surface area contributed by atoms with Gasteiger partial charge in [-0.05, 0) is 38.0 Å². The molecule has 2 N–H and O–H groups in total. The largest absolute Gasteiger partial charge is 0.318 e. The number of carbonyl (C=O) groups excluding carboxylic acids is 1. The Kier molecular flexibility index (Phi) is 4.84. The van der Waals surface area contributed by atoms with E-state index in [0.29, 0.717) is 23.9 Å². The Balaban J connectivity index is 2.02. The van der Waals surface area contributed by atoms with Gasteiger partial charge in [0, 0.05) is 11.6 Å². The molecule has 26 heavy (non-hydrogen) atoms. The minimum absolute atomic E-state index is 0.221. The van der Waals surface area contributed by atoms with E-state index < -0.39 is 17.5 Å². The fraction of sp³-hybridized carbons (Fsp3) is 0.200. The Labute approximate surface area is 150 Å². The summed E-state index contributed by atoms with van der Waals surface area (Å²) in [5.74, 6) is -2.28. The zero-order valence-corrected chi connectivity index (χ0v) is 14.8. The molecule has 6 heteroatoms. The molecule has 1 heterocycles. The molecule has 0 aliphatic heterocycles. The van der Waals surface area contributed by atoms with Gasteiger partial charge in [0.1, 0.15) is 17.3 Å². The molecular weight excluding hydrogens is 336 g/mol. The maximum atomic E-state index is 13.9. The first kappa shape index (κ1) is 17.8. The van der Waals surface area contributed by atoms with Crippen molar-refractivity contribution in [2.75, 3.05) is 5.32 Å². The van der Waals surface area contributed by atoms with Crippen molar-refractivity contribution in [3.8, 4) is 11.3 Å². The molecule has 0 spiro atoms. The summed E-state index contributed by atoms with van der Waals surface area (Å²) < 4.78 is 27.0. The molecule has 0 fully saturated rings. The van der Waals surface area contributed by atoms with Crippen LogP contribution in [0, 0.1) is 25.5 Å². The molecule has 0 aliphatic carbocycles. The molecule has 0 aliphatic rings. The first-order valence-corrected chi connectivity index (χ1v) is 8.32. The molecule has 0 atom stereocenters. The number of anilines is 1. The first-order valence-electron chi connectivity index (χ1n) is 8.32. The quantitative estimate of drug-likeness (QED) is 0.707. The third-order valence-electron chi connectivity index (χ3n) is 4.25. The zero-order valence-electron chi connectivity index (χ0n) is 14.8. The Hall–Kier alpha value is -3.02. The van der Waals surface area contributed by atoms with Crippen molar-refractivity contribution in [3.63, 3.8) is 0 Å². The summed E-state index contributed by atoms with van der Waals surface area (Å²) in [4.78, 5) is 12.5. The van der Waals surface area contributed by atoms with Crippen LogP contribution in [0.1, 0.15) is 34.1 Å². The standard InChI is InChI=1S/C20H19F2N3O/c1-4-17-19(23-20(26)15-8-6-13(21)10-16(15)22)18(25-24-17)14-7-5-11(2)9-12(14)3/h5-10H,4H2,1-3H3,(H,23,26)(H,24,25). The maximum Gasteiger partial charge on any atom is 0.258 e. The molecule has 0 bridgehead atoms. The number of nitrogens with zero attached hydrogens (tertiary/aromatic N) is 1. The van der Waals surface area contributed by atoms with Gasteiger partial charge in [0.25, 0.3) is 5.91 Å². The second kappa shape index (κ2) is 7.07. The lowest BCUT2D eigenvalue weighted by Gasteiger charge is -2.10. The maximum absolute atomic E-state index is 13.9. The van der Waals surface area contributed by atoms with Crippen molar-refractivity contribution in [1.82, 2.24) is 10.2 Å². The van der Waals surface area contributed by atoms with Crippen LogP contribution in [-0.2, 0) is 6.42 Å². The van der Waals surface area contributed by atoms with Gasteiger partial charge in [-0.25, -0.2) is 8.78 Å². The highest BCUT2D eigenvalue weighted by Crippen LogP contribution is 2.32. The van der Waals surface area contributed by atoms with Gasteiger partial charge in [-0.2, -0.15) is 5.10 Å². The van der Waals surface area contributed by atoms with Crippen LogP contribution in [0.3, 0.4) is 0 Å². The molecule has 3 rings (SSSR count). The molecule has 4 nitrogen and oxygen atoms in total. The molecule has 0 radical (unpaired) electrons. The van der Waals surface area contributed by atoms with Crippen LogP contribution in [-0.4, -0.2) is 16.1 Å². The van der Waals surface area contributed by atoms with Gasteiger partial charge in [-0.3, -0.25) is 9.89 Å². The zero-order chi connectivity index (χ0) is 18.8. The minimum atomic E-state index is -0.905. The normalized spacial score (nSPS) is 10.8. The Morgan fingerprint density at radius 3 is 2.58 bits per heavy atom. The predicted octanol–water partition coefficient (Wildman–Crippen LogP) is 4.79. The first-order chi connectivity index (χ1) is 12.4. The van der Waals surface area contributed by atoms with Crippen LogP contribution in [0.15, 0.2) is 36.4 Å². The molecule has 1 aromatic heterocycles. The number of rotatable bonds is 4. The molecule has 0 saturated carbocycles. The molecular formula is C20H19F2N3O. The fourth-order valence-corrected chi connectivity index (χ4v) is 2.90. The second-order valence-electron chi connectivity index (χ2n) is 6.18. The number of hydrogen-bond donors (Lipinski definition) is 2. The Bertz CT molecular complexity index is 979. The molecule has 3 aromatic rings. The van der Waals surface area contributed by atoms with Crippen molar-refractivity contribution in [2.45, 2.75) is 27.2 Å². The summed E-state index contributed by atoms with van der Waals surface area (Å²) in [7, 11) is 0. The SMILES string of the molecule is CCc1[nH]nc(-c2ccc(C)cc2C)c1NC(=O)c1ccc(F)cc1F. The van der Waals surface area contributed by atoms with E-state index in [4.69, 9.17) is 0 Å². The van der Waals surface area contributed by atoms with E-state index in [1.165, 1.54) is 0 Å². The number of halogens is 2. The summed E-state index contributed by atoms with van der Waals surface area (Å²) in [6.07, 6.45) is 0.611. The van der Waals surface area contributed by atoms with E-state index >= 15 is 0 Å². The monoisotopic (exact) mass is 355 g/mol. The smallest absolute Gasteiger partial charge is 0.258 e. The van der Waals surface area contributed by atoms with E-state index in [1.54, 1.807) is 0 Å². The van der Waals surface area contributed by atoms with Crippen LogP contribution >= 0.6 is 0 Å². The van der Waals surface area contributed by atoms with Gasteiger partial charge in [0.15, 0.2) is 0 Å². The van der Waals surface area contributed by atoms with Crippen LogP contribution in [0.4, 0.5) is 14.5 Å². The number of aromatic nitrogens is 2. The third-order valence-corrected chi connectivity index (χ3v) is 4.25. The van der Waals surface area contributed by atoms with Gasteiger partial charge >= 0.3 is 0 Å². The van der Waals surface area contributed by atoms with Crippen molar-refractivity contribution in [3.05, 3.63) is 70.4 Å². The average molecular weight is 355 g/mol. The number of nitrogens with one attached hydrogen (secondary N) is 2. The van der Waals surface area contributed by atoms with Crippen LogP contribution in [0.2, 0.25) is 0 Å². The van der Waals surface area contributed by atoms with E-state index in [0.717, 1.165) is 34.5 Å². The molecule has 0 unspecified atom stereocenters. The highest BCUT2D eigenvalue weighted by atomic mass is 19.1. The number of benzene rings is 2. The van der Waals surface area contributed by atoms with Crippen molar-refractivity contribution < 1.29 is 13.6 Å². The summed E-state index contributed by atoms with van der Waals surface area (Å²) in [6, 6.07) is 8.81. The summed E-state index contributed by atoms with van der Waals surface area (Å²) in [5.41, 5.74) is 4.63. The third kappa shape index (κ3) is 3.35. The second-order valence-corrected chi connectivity index (χ2v) is 6.18. The molecule has 1 amide bonds. The number of amides is 1. The summed E-state index contributed by atoms with van der Waals surface area (Å²) >= 11 is 0. The highest BCUT2D eigenvalue weighted by Gasteiger charge is 2.20. The van der Waals surface area contributed by atoms with E-state index in [2.05, 4.69) is 15.5 Å². The predicted molar refractivity (Wildman–Crippen MR) is 97.2 cm³/mol. The van der Waals surface area contributed by atoms with E-state index in [-0.39, 0.29) is 5.56 Å². The lowest BCUT2D eigenvalue weighted by molar-refractivity contribution is 0.102. The minimum Gasteiger partial charge on any atom is -0.318 e. The fourth-order valence-electron chi connectivity index (χ4n) is 2.90. The number of aryl methyl sites for hydroxylation is 3. The molecule has 0 saturated heterocycles. The van der Waals surface area contributed by atoms with Gasteiger partial charge in [-0.15, -0.1) is 0 Å². The van der Waals surface area contributed by atoms with Gasteiger partial charge in [0.05, 0.1) is 16.9 Å². The van der Waals surface area contributed by atoms with Crippen LogP contribution in [0.25, 0.3) is 11.3 Å².